The predicted molar refractivity (Wildman–Crippen MR) is 91.0 cm³/mol. The van der Waals surface area contributed by atoms with Crippen molar-refractivity contribution in [3.63, 3.8) is 0 Å². The molecular formula is C16H13N5O3S. The maximum Gasteiger partial charge on any atom is 0.275 e. The molecule has 0 bridgehead atoms. The Morgan fingerprint density at radius 1 is 1.04 bits per heavy atom. The summed E-state index contributed by atoms with van der Waals surface area (Å²) in [4.78, 5) is 24.5. The first-order valence-electron chi connectivity index (χ1n) is 7.10. The molecule has 3 N–H and O–H groups in total. The number of sulfonamides is 1. The van der Waals surface area contributed by atoms with Crippen LogP contribution in [0.25, 0.3) is 11.3 Å². The first-order valence-corrected chi connectivity index (χ1v) is 8.65. The van der Waals surface area contributed by atoms with Gasteiger partial charge in [0, 0.05) is 23.6 Å². The van der Waals surface area contributed by atoms with Crippen LogP contribution in [-0.2, 0) is 10.0 Å². The van der Waals surface area contributed by atoms with Crippen LogP contribution in [-0.4, -0.2) is 29.3 Å². The van der Waals surface area contributed by atoms with E-state index in [0.717, 1.165) is 5.56 Å². The average molecular weight is 355 g/mol. The minimum absolute atomic E-state index is 0.0855. The largest absolute Gasteiger partial charge is 0.321 e. The molecule has 2 aromatic heterocycles. The van der Waals surface area contributed by atoms with Gasteiger partial charge in [0.15, 0.2) is 0 Å². The summed E-state index contributed by atoms with van der Waals surface area (Å²) in [5, 5.41) is 7.66. The summed E-state index contributed by atoms with van der Waals surface area (Å²) in [6, 6.07) is 9.19. The third-order valence-electron chi connectivity index (χ3n) is 3.24. The number of hydrogen-bond acceptors (Lipinski definition) is 6. The highest BCUT2D eigenvalue weighted by molar-refractivity contribution is 7.89. The van der Waals surface area contributed by atoms with Gasteiger partial charge in [-0.3, -0.25) is 14.8 Å². The van der Waals surface area contributed by atoms with Gasteiger partial charge in [-0.05, 0) is 30.3 Å². The van der Waals surface area contributed by atoms with Crippen molar-refractivity contribution < 1.29 is 13.2 Å². The van der Waals surface area contributed by atoms with Gasteiger partial charge in [0.1, 0.15) is 5.69 Å². The van der Waals surface area contributed by atoms with Gasteiger partial charge in [0.25, 0.3) is 5.91 Å². The van der Waals surface area contributed by atoms with Crippen LogP contribution in [0.2, 0.25) is 0 Å². The molecule has 0 aliphatic rings. The van der Waals surface area contributed by atoms with Gasteiger partial charge in [0.2, 0.25) is 10.0 Å². The van der Waals surface area contributed by atoms with E-state index in [2.05, 4.69) is 20.3 Å². The van der Waals surface area contributed by atoms with Gasteiger partial charge >= 0.3 is 0 Å². The summed E-state index contributed by atoms with van der Waals surface area (Å²) in [5.74, 6) is -0.523. The first kappa shape index (κ1) is 16.7. The Kier molecular flexibility index (Phi) is 4.50. The Morgan fingerprint density at radius 3 is 2.60 bits per heavy atom. The third kappa shape index (κ3) is 4.03. The van der Waals surface area contributed by atoms with E-state index in [0.29, 0.717) is 5.69 Å². The summed E-state index contributed by atoms with van der Waals surface area (Å²) >= 11 is 0. The van der Waals surface area contributed by atoms with Crippen LogP contribution in [0.1, 0.15) is 10.5 Å². The standard InChI is InChI=1S/C16H13N5O3S/c17-25(23,24)13-5-1-4-12(7-13)20-16(22)15-10-19-9-14(21-15)11-3-2-6-18-8-11/h1-10H,(H,20,22)(H2,17,23,24). The molecule has 0 atom stereocenters. The molecule has 0 unspecified atom stereocenters. The van der Waals surface area contributed by atoms with E-state index in [9.17, 15) is 13.2 Å². The van der Waals surface area contributed by atoms with Crippen LogP contribution in [0, 0.1) is 0 Å². The minimum atomic E-state index is -3.85. The molecule has 1 aromatic carbocycles. The predicted octanol–water partition coefficient (Wildman–Crippen LogP) is 1.44. The number of pyridine rings is 1. The Hall–Kier alpha value is -3.17. The second-order valence-corrected chi connectivity index (χ2v) is 6.62. The summed E-state index contributed by atoms with van der Waals surface area (Å²) < 4.78 is 22.8. The minimum Gasteiger partial charge on any atom is -0.321 e. The normalized spacial score (nSPS) is 11.1. The molecule has 8 nitrogen and oxygen atoms in total. The second kappa shape index (κ2) is 6.75. The summed E-state index contributed by atoms with van der Waals surface area (Å²) in [5.41, 5.74) is 1.59. The zero-order chi connectivity index (χ0) is 17.9. The van der Waals surface area contributed by atoms with E-state index in [1.165, 1.54) is 30.6 Å². The maximum absolute atomic E-state index is 12.3. The summed E-state index contributed by atoms with van der Waals surface area (Å²) in [6.45, 7) is 0. The average Bonchev–Trinajstić information content (AvgIpc) is 2.62. The Balaban J connectivity index is 1.85. The number of aromatic nitrogens is 3. The fourth-order valence-corrected chi connectivity index (χ4v) is 2.63. The number of primary sulfonamides is 1. The number of amides is 1. The highest BCUT2D eigenvalue weighted by Gasteiger charge is 2.13. The van der Waals surface area contributed by atoms with Crippen LogP contribution in [0.15, 0.2) is 66.1 Å². The lowest BCUT2D eigenvalue weighted by atomic mass is 10.2. The van der Waals surface area contributed by atoms with Crippen LogP contribution >= 0.6 is 0 Å². The fourth-order valence-electron chi connectivity index (χ4n) is 2.07. The first-order chi connectivity index (χ1) is 11.9. The molecule has 126 valence electrons. The molecule has 0 saturated carbocycles. The quantitative estimate of drug-likeness (QED) is 0.729. The Morgan fingerprint density at radius 2 is 1.88 bits per heavy atom. The van der Waals surface area contributed by atoms with Crippen LogP contribution in [0.4, 0.5) is 5.69 Å². The maximum atomic E-state index is 12.3. The lowest BCUT2D eigenvalue weighted by molar-refractivity contribution is 0.102. The lowest BCUT2D eigenvalue weighted by Crippen LogP contribution is -2.16. The Bertz CT molecular complexity index is 1020. The van der Waals surface area contributed by atoms with Crippen LogP contribution < -0.4 is 10.5 Å². The topological polar surface area (TPSA) is 128 Å². The van der Waals surface area contributed by atoms with E-state index in [1.807, 2.05) is 0 Å². The Labute approximate surface area is 143 Å². The zero-order valence-corrected chi connectivity index (χ0v) is 13.6. The second-order valence-electron chi connectivity index (χ2n) is 5.06. The zero-order valence-electron chi connectivity index (χ0n) is 12.8. The highest BCUT2D eigenvalue weighted by Crippen LogP contribution is 2.17. The molecule has 0 fully saturated rings. The van der Waals surface area contributed by atoms with Crippen molar-refractivity contribution in [3.05, 3.63) is 66.9 Å². The van der Waals surface area contributed by atoms with Gasteiger partial charge in [-0.1, -0.05) is 6.07 Å². The van der Waals surface area contributed by atoms with Crippen molar-refractivity contribution in [2.75, 3.05) is 5.32 Å². The number of carbonyl (C=O) groups excluding carboxylic acids is 1. The number of nitrogens with zero attached hydrogens (tertiary/aromatic N) is 3. The van der Waals surface area contributed by atoms with Crippen molar-refractivity contribution in [1.82, 2.24) is 15.0 Å². The monoisotopic (exact) mass is 355 g/mol. The van der Waals surface area contributed by atoms with Crippen molar-refractivity contribution in [2.45, 2.75) is 4.90 Å². The van der Waals surface area contributed by atoms with E-state index >= 15 is 0 Å². The molecule has 25 heavy (non-hydrogen) atoms. The smallest absolute Gasteiger partial charge is 0.275 e. The van der Waals surface area contributed by atoms with E-state index < -0.39 is 15.9 Å². The third-order valence-corrected chi connectivity index (χ3v) is 4.16. The molecule has 0 aliphatic heterocycles. The summed E-state index contributed by atoms with van der Waals surface area (Å²) in [7, 11) is -3.85. The number of anilines is 1. The van der Waals surface area contributed by atoms with Crippen molar-refractivity contribution in [1.29, 1.82) is 0 Å². The van der Waals surface area contributed by atoms with E-state index in [-0.39, 0.29) is 16.3 Å². The van der Waals surface area contributed by atoms with Crippen LogP contribution in [0.3, 0.4) is 0 Å². The van der Waals surface area contributed by atoms with Crippen molar-refractivity contribution in [2.24, 2.45) is 5.14 Å². The van der Waals surface area contributed by atoms with E-state index in [1.54, 1.807) is 30.6 Å². The lowest BCUT2D eigenvalue weighted by Gasteiger charge is -2.07. The van der Waals surface area contributed by atoms with Gasteiger partial charge in [-0.15, -0.1) is 0 Å². The SMILES string of the molecule is NS(=O)(=O)c1cccc(NC(=O)c2cncc(-c3cccnc3)n2)c1. The fraction of sp³-hybridized carbons (Fsp3) is 0. The van der Waals surface area contributed by atoms with Crippen LogP contribution in [0.5, 0.6) is 0 Å². The molecular weight excluding hydrogens is 342 g/mol. The molecule has 0 aliphatic carbocycles. The molecule has 3 aromatic rings. The van der Waals surface area contributed by atoms with Gasteiger partial charge in [-0.25, -0.2) is 18.5 Å². The van der Waals surface area contributed by atoms with E-state index in [4.69, 9.17) is 5.14 Å². The van der Waals surface area contributed by atoms with Gasteiger partial charge in [-0.2, -0.15) is 0 Å². The highest BCUT2D eigenvalue weighted by atomic mass is 32.2. The van der Waals surface area contributed by atoms with Gasteiger partial charge in [0.05, 0.1) is 23.0 Å². The number of rotatable bonds is 4. The molecule has 1 amide bonds. The molecule has 0 saturated heterocycles. The number of nitrogens with one attached hydrogen (secondary N) is 1. The summed E-state index contributed by atoms with van der Waals surface area (Å²) in [6.07, 6.45) is 6.08. The number of carbonyl (C=O) groups is 1. The molecule has 0 radical (unpaired) electrons. The van der Waals surface area contributed by atoms with Crippen molar-refractivity contribution in [3.8, 4) is 11.3 Å². The number of hydrogen-bond donors (Lipinski definition) is 2. The van der Waals surface area contributed by atoms with Crippen molar-refractivity contribution >= 4 is 21.6 Å². The molecule has 3 rings (SSSR count). The van der Waals surface area contributed by atoms with Gasteiger partial charge < -0.3 is 5.32 Å². The molecule has 2 heterocycles. The molecule has 9 heteroatoms. The number of nitrogens with two attached hydrogens (primary N) is 1. The molecule has 0 spiro atoms. The number of benzene rings is 1.